The van der Waals surface area contributed by atoms with Gasteiger partial charge in [0.15, 0.2) is 0 Å². The number of nitrogens with one attached hydrogen (secondary N) is 1. The number of nitrogens with zero attached hydrogens (tertiary/aromatic N) is 2. The van der Waals surface area contributed by atoms with Crippen molar-refractivity contribution in [3.8, 4) is 0 Å². The smallest absolute Gasteiger partial charge is 0.226 e. The first-order valence-corrected chi connectivity index (χ1v) is 12.5. The molecule has 0 radical (unpaired) electrons. The molecule has 4 aliphatic rings. The Kier molecular flexibility index (Phi) is 5.39. The van der Waals surface area contributed by atoms with E-state index in [1.54, 1.807) is 12.4 Å². The number of allylic oxidation sites excluding steroid dienone is 2. The highest BCUT2D eigenvalue weighted by atomic mass is 35.5. The monoisotopic (exact) mass is 455 g/mol. The predicted octanol–water partition coefficient (Wildman–Crippen LogP) is 5.58. The Morgan fingerprint density at radius 3 is 2.69 bits per heavy atom. The lowest BCUT2D eigenvalue weighted by Crippen LogP contribution is -2.54. The molecule has 6 atom stereocenters. The van der Waals surface area contributed by atoms with Crippen molar-refractivity contribution in [1.29, 1.82) is 0 Å². The zero-order chi connectivity index (χ0) is 22.7. The number of piperidine rings is 1. The number of halogens is 1. The van der Waals surface area contributed by atoms with Gasteiger partial charge in [-0.1, -0.05) is 25.4 Å². The summed E-state index contributed by atoms with van der Waals surface area (Å²) in [6.45, 7) is 4.78. The van der Waals surface area contributed by atoms with Gasteiger partial charge in [-0.05, 0) is 79.7 Å². The lowest BCUT2D eigenvalue weighted by molar-refractivity contribution is -0.136. The maximum atomic E-state index is 12.8. The topological polar surface area (TPSA) is 62.3 Å². The molecule has 5 nitrogen and oxygen atoms in total. The van der Waals surface area contributed by atoms with E-state index in [1.165, 1.54) is 6.42 Å². The van der Waals surface area contributed by atoms with Gasteiger partial charge in [-0.25, -0.2) is 0 Å². The molecule has 0 aromatic carbocycles. The summed E-state index contributed by atoms with van der Waals surface area (Å²) in [4.78, 5) is 31.1. The standard InChI is InChI=1S/C26H34ClN3O2/c1-25-10-6-20-18(15-21(27)24-26(20,2)11-7-23(32)30(24)3)19(25)5-4-16(25)14-22(31)29-17-8-12-28-13-9-17/h8-9,12-13,16,18-20H,4-7,10-11,14-15H2,1-3H3,(H,28,29,31)/t16-,18?,19+,20?,25-,26-/m1/s1. The third kappa shape index (κ3) is 3.30. The summed E-state index contributed by atoms with van der Waals surface area (Å²) in [5, 5.41) is 3.95. The fourth-order valence-electron chi connectivity index (χ4n) is 8.00. The van der Waals surface area contributed by atoms with Crippen molar-refractivity contribution in [3.05, 3.63) is 35.3 Å². The van der Waals surface area contributed by atoms with Crippen molar-refractivity contribution in [2.45, 2.75) is 65.2 Å². The zero-order valence-corrected chi connectivity index (χ0v) is 20.1. The second-order valence-corrected chi connectivity index (χ2v) is 11.5. The maximum Gasteiger partial charge on any atom is 0.226 e. The Morgan fingerprint density at radius 2 is 1.94 bits per heavy atom. The molecule has 2 saturated carbocycles. The van der Waals surface area contributed by atoms with Gasteiger partial charge in [0, 0.05) is 54.1 Å². The van der Waals surface area contributed by atoms with Gasteiger partial charge in [-0.15, -0.1) is 0 Å². The van der Waals surface area contributed by atoms with Gasteiger partial charge < -0.3 is 10.2 Å². The molecule has 1 aliphatic heterocycles. The van der Waals surface area contributed by atoms with Gasteiger partial charge >= 0.3 is 0 Å². The molecule has 3 fully saturated rings. The van der Waals surface area contributed by atoms with Crippen molar-refractivity contribution in [1.82, 2.24) is 9.88 Å². The molecule has 1 aromatic rings. The molecular formula is C26H34ClN3O2. The summed E-state index contributed by atoms with van der Waals surface area (Å²) in [6.07, 6.45) is 11.0. The Hall–Kier alpha value is -1.88. The predicted molar refractivity (Wildman–Crippen MR) is 126 cm³/mol. The molecule has 32 heavy (non-hydrogen) atoms. The van der Waals surface area contributed by atoms with Crippen LogP contribution < -0.4 is 5.32 Å². The number of pyridine rings is 1. The molecule has 1 aromatic heterocycles. The fraction of sp³-hybridized carbons (Fsp3) is 0.654. The lowest BCUT2D eigenvalue weighted by Gasteiger charge is -2.59. The third-order valence-electron chi connectivity index (χ3n) is 9.63. The van der Waals surface area contributed by atoms with E-state index in [1.807, 2.05) is 24.1 Å². The van der Waals surface area contributed by atoms with E-state index in [0.717, 1.165) is 48.5 Å². The van der Waals surface area contributed by atoms with E-state index < -0.39 is 0 Å². The summed E-state index contributed by atoms with van der Waals surface area (Å²) in [5.41, 5.74) is 2.07. The number of amides is 2. The summed E-state index contributed by atoms with van der Waals surface area (Å²) < 4.78 is 0. The van der Waals surface area contributed by atoms with Crippen LogP contribution in [0, 0.1) is 34.5 Å². The molecule has 1 saturated heterocycles. The molecule has 172 valence electrons. The normalized spacial score (nSPS) is 38.8. The number of rotatable bonds is 3. The van der Waals surface area contributed by atoms with Crippen molar-refractivity contribution >= 4 is 29.1 Å². The maximum absolute atomic E-state index is 12.8. The van der Waals surface area contributed by atoms with Crippen LogP contribution in [0.15, 0.2) is 35.3 Å². The van der Waals surface area contributed by atoms with E-state index in [4.69, 9.17) is 11.6 Å². The molecular weight excluding hydrogens is 422 g/mol. The van der Waals surface area contributed by atoms with Gasteiger partial charge in [-0.3, -0.25) is 14.6 Å². The minimum atomic E-state index is -0.0131. The van der Waals surface area contributed by atoms with Crippen molar-refractivity contribution in [3.63, 3.8) is 0 Å². The van der Waals surface area contributed by atoms with Gasteiger partial charge in [-0.2, -0.15) is 0 Å². The minimum Gasteiger partial charge on any atom is -0.326 e. The number of anilines is 1. The number of carbonyl (C=O) groups is 2. The Morgan fingerprint density at radius 1 is 1.19 bits per heavy atom. The van der Waals surface area contributed by atoms with E-state index in [9.17, 15) is 9.59 Å². The van der Waals surface area contributed by atoms with Crippen LogP contribution in [0.5, 0.6) is 0 Å². The molecule has 3 aliphatic carbocycles. The largest absolute Gasteiger partial charge is 0.326 e. The van der Waals surface area contributed by atoms with Crippen LogP contribution in [0.1, 0.15) is 65.2 Å². The van der Waals surface area contributed by atoms with E-state index in [-0.39, 0.29) is 22.6 Å². The van der Waals surface area contributed by atoms with Crippen molar-refractivity contribution < 1.29 is 9.59 Å². The minimum absolute atomic E-state index is 0.0131. The molecule has 5 rings (SSSR count). The van der Waals surface area contributed by atoms with E-state index in [0.29, 0.717) is 36.5 Å². The van der Waals surface area contributed by atoms with Crippen LogP contribution in [0.3, 0.4) is 0 Å². The van der Waals surface area contributed by atoms with Gasteiger partial charge in [0.05, 0.1) is 0 Å². The molecule has 2 heterocycles. The molecule has 0 spiro atoms. The quantitative estimate of drug-likeness (QED) is 0.646. The van der Waals surface area contributed by atoms with Crippen LogP contribution in [-0.4, -0.2) is 28.7 Å². The highest BCUT2D eigenvalue weighted by molar-refractivity contribution is 6.30. The van der Waals surface area contributed by atoms with Crippen molar-refractivity contribution in [2.24, 2.45) is 34.5 Å². The lowest BCUT2D eigenvalue weighted by atomic mass is 9.49. The van der Waals surface area contributed by atoms with Crippen LogP contribution in [0.4, 0.5) is 5.69 Å². The number of likely N-dealkylation sites (tertiary alicyclic amines) is 1. The number of carbonyl (C=O) groups excluding carboxylic acids is 2. The Balaban J connectivity index is 1.36. The Labute approximate surface area is 196 Å². The number of fused-ring (bicyclic) bond motifs is 5. The van der Waals surface area contributed by atoms with Gasteiger partial charge in [0.2, 0.25) is 11.8 Å². The average molecular weight is 456 g/mol. The number of hydrogen-bond donors (Lipinski definition) is 1. The SMILES string of the molecule is CN1C(=O)CC[C@@]2(C)C1=C(Cl)CC1C2CC[C@]2(C)[C@@H](CC(=O)Nc3ccncc3)CC[C@@H]12. The van der Waals surface area contributed by atoms with E-state index >= 15 is 0 Å². The average Bonchev–Trinajstić information content (AvgIpc) is 3.08. The molecule has 6 heteroatoms. The van der Waals surface area contributed by atoms with Crippen LogP contribution in [0.2, 0.25) is 0 Å². The van der Waals surface area contributed by atoms with Gasteiger partial charge in [0.25, 0.3) is 0 Å². The highest BCUT2D eigenvalue weighted by Gasteiger charge is 2.60. The van der Waals surface area contributed by atoms with Gasteiger partial charge in [0.1, 0.15) is 0 Å². The summed E-state index contributed by atoms with van der Waals surface area (Å²) in [5.74, 6) is 2.41. The number of hydrogen-bond acceptors (Lipinski definition) is 3. The van der Waals surface area contributed by atoms with Crippen LogP contribution in [-0.2, 0) is 9.59 Å². The Bertz CT molecular complexity index is 963. The molecule has 0 bridgehead atoms. The summed E-state index contributed by atoms with van der Waals surface area (Å²) in [7, 11) is 1.90. The summed E-state index contributed by atoms with van der Waals surface area (Å²) in [6, 6.07) is 3.67. The third-order valence-corrected chi connectivity index (χ3v) is 9.96. The first kappa shape index (κ1) is 21.9. The zero-order valence-electron chi connectivity index (χ0n) is 19.4. The molecule has 1 N–H and O–H groups in total. The first-order chi connectivity index (χ1) is 15.2. The number of aromatic nitrogens is 1. The van der Waals surface area contributed by atoms with Crippen LogP contribution >= 0.6 is 11.6 Å². The van der Waals surface area contributed by atoms with Crippen LogP contribution in [0.25, 0.3) is 0 Å². The first-order valence-electron chi connectivity index (χ1n) is 12.1. The molecule has 2 amide bonds. The van der Waals surface area contributed by atoms with E-state index in [2.05, 4.69) is 24.1 Å². The second kappa shape index (κ2) is 7.86. The second-order valence-electron chi connectivity index (χ2n) is 11.0. The van der Waals surface area contributed by atoms with Crippen molar-refractivity contribution in [2.75, 3.05) is 12.4 Å². The fourth-order valence-corrected chi connectivity index (χ4v) is 8.52. The summed E-state index contributed by atoms with van der Waals surface area (Å²) >= 11 is 6.92. The molecule has 2 unspecified atom stereocenters. The highest BCUT2D eigenvalue weighted by Crippen LogP contribution is 2.67.